The first kappa shape index (κ1) is 25.7. The second kappa shape index (κ2) is 10.6. The largest absolute Gasteiger partial charge is 0.352 e. The summed E-state index contributed by atoms with van der Waals surface area (Å²) in [5, 5.41) is 3.41. The zero-order valence-corrected chi connectivity index (χ0v) is 20.9. The smallest absolute Gasteiger partial charge is 0.269 e. The minimum Gasteiger partial charge on any atom is -0.352 e. The number of halogens is 1. The van der Waals surface area contributed by atoms with Crippen molar-refractivity contribution in [3.63, 3.8) is 0 Å². The lowest BCUT2D eigenvalue weighted by Gasteiger charge is -2.32. The molecular weight excluding hydrogens is 478 g/mol. The number of benzene rings is 2. The third kappa shape index (κ3) is 5.26. The Labute approximate surface area is 204 Å². The van der Waals surface area contributed by atoms with Gasteiger partial charge < -0.3 is 10.2 Å². The van der Waals surface area contributed by atoms with Crippen LogP contribution in [0.2, 0.25) is 5.02 Å². The van der Waals surface area contributed by atoms with Gasteiger partial charge in [-0.2, -0.15) is 0 Å². The Morgan fingerprint density at radius 2 is 1.71 bits per heavy atom. The fourth-order valence-corrected chi connectivity index (χ4v) is 5.39. The molecule has 34 heavy (non-hydrogen) atoms. The average molecular weight is 506 g/mol. The Kier molecular flexibility index (Phi) is 7.99. The van der Waals surface area contributed by atoms with Gasteiger partial charge in [-0.25, -0.2) is 12.7 Å². The molecule has 0 aromatic heterocycles. The summed E-state index contributed by atoms with van der Waals surface area (Å²) >= 11 is 5.97. The maximum absolute atomic E-state index is 13.5. The fraction of sp³-hybridized carbons (Fsp3) is 0.375. The number of hydrogen-bond donors (Lipinski definition) is 1. The molecule has 3 amide bonds. The van der Waals surface area contributed by atoms with E-state index in [-0.39, 0.29) is 29.0 Å². The van der Waals surface area contributed by atoms with Gasteiger partial charge in [0.05, 0.1) is 5.56 Å². The Morgan fingerprint density at radius 1 is 1.06 bits per heavy atom. The lowest BCUT2D eigenvalue weighted by atomic mass is 10.1. The van der Waals surface area contributed by atoms with E-state index in [1.54, 1.807) is 37.3 Å². The van der Waals surface area contributed by atoms with Gasteiger partial charge in [-0.1, -0.05) is 49.7 Å². The summed E-state index contributed by atoms with van der Waals surface area (Å²) in [6.07, 6.45) is 1.02. The standard InChI is InChI=1S/C24H28ClN3O5S/c1-4-16(3)26-23(30)20(5-2)27(14-17-10-12-18(25)13-11-17)22(29)15-28-24(31)19-8-6-7-9-21(19)34(28,32)33/h6-13,16,20H,4-5,14-15H2,1-3H3,(H,26,30)/t16-,20-/m1/s1. The average Bonchev–Trinajstić information content (AvgIpc) is 3.00. The van der Waals surface area contributed by atoms with Crippen LogP contribution in [0.15, 0.2) is 53.4 Å². The molecule has 0 radical (unpaired) electrons. The minimum absolute atomic E-state index is 0.0288. The van der Waals surface area contributed by atoms with E-state index in [4.69, 9.17) is 11.6 Å². The van der Waals surface area contributed by atoms with Crippen molar-refractivity contribution in [2.45, 2.75) is 57.1 Å². The molecule has 0 bridgehead atoms. The van der Waals surface area contributed by atoms with E-state index in [9.17, 15) is 22.8 Å². The maximum atomic E-state index is 13.5. The molecule has 10 heteroatoms. The highest BCUT2D eigenvalue weighted by molar-refractivity contribution is 7.90. The van der Waals surface area contributed by atoms with Crippen molar-refractivity contribution >= 4 is 39.3 Å². The SMILES string of the molecule is CC[C@@H](C)NC(=O)[C@@H](CC)N(Cc1ccc(Cl)cc1)C(=O)CN1C(=O)c2ccccc2S1(=O)=O. The second-order valence-corrected chi connectivity index (χ2v) is 10.5. The predicted octanol–water partition coefficient (Wildman–Crippen LogP) is 3.21. The molecule has 0 saturated carbocycles. The molecule has 2 aromatic rings. The molecule has 182 valence electrons. The van der Waals surface area contributed by atoms with Crippen LogP contribution in [0.5, 0.6) is 0 Å². The molecule has 2 atom stereocenters. The molecule has 0 unspecified atom stereocenters. The molecule has 0 saturated heterocycles. The Bertz CT molecular complexity index is 1180. The van der Waals surface area contributed by atoms with E-state index in [1.165, 1.54) is 23.1 Å². The molecular formula is C24H28ClN3O5S. The van der Waals surface area contributed by atoms with Gasteiger partial charge in [-0.05, 0) is 49.6 Å². The molecule has 0 spiro atoms. The number of amides is 3. The summed E-state index contributed by atoms with van der Waals surface area (Å²) in [5.74, 6) is -1.74. The number of carbonyl (C=O) groups excluding carboxylic acids is 3. The van der Waals surface area contributed by atoms with Gasteiger partial charge in [-0.3, -0.25) is 14.4 Å². The van der Waals surface area contributed by atoms with E-state index in [2.05, 4.69) is 5.32 Å². The Morgan fingerprint density at radius 3 is 2.29 bits per heavy atom. The summed E-state index contributed by atoms with van der Waals surface area (Å²) in [6.45, 7) is 4.93. The van der Waals surface area contributed by atoms with Crippen LogP contribution >= 0.6 is 11.6 Å². The molecule has 1 N–H and O–H groups in total. The summed E-state index contributed by atoms with van der Waals surface area (Å²) in [6, 6.07) is 11.7. The molecule has 0 fully saturated rings. The normalized spacial score (nSPS) is 16.0. The summed E-state index contributed by atoms with van der Waals surface area (Å²) in [5.41, 5.74) is 0.743. The van der Waals surface area contributed by atoms with Crippen LogP contribution < -0.4 is 5.32 Å². The van der Waals surface area contributed by atoms with Crippen molar-refractivity contribution in [2.75, 3.05) is 6.54 Å². The van der Waals surface area contributed by atoms with Crippen LogP contribution in [0.1, 0.15) is 49.5 Å². The predicted molar refractivity (Wildman–Crippen MR) is 129 cm³/mol. The van der Waals surface area contributed by atoms with Crippen molar-refractivity contribution in [3.05, 3.63) is 64.7 Å². The van der Waals surface area contributed by atoms with Crippen LogP contribution in [0.4, 0.5) is 0 Å². The van der Waals surface area contributed by atoms with E-state index < -0.39 is 34.4 Å². The zero-order chi connectivity index (χ0) is 25.0. The Balaban J connectivity index is 1.92. The van der Waals surface area contributed by atoms with Gasteiger partial charge >= 0.3 is 0 Å². The van der Waals surface area contributed by atoms with Crippen molar-refractivity contribution in [1.82, 2.24) is 14.5 Å². The van der Waals surface area contributed by atoms with E-state index >= 15 is 0 Å². The topological polar surface area (TPSA) is 104 Å². The van der Waals surface area contributed by atoms with E-state index in [0.717, 1.165) is 0 Å². The van der Waals surface area contributed by atoms with Gasteiger partial charge in [0.1, 0.15) is 17.5 Å². The lowest BCUT2D eigenvalue weighted by Crippen LogP contribution is -2.53. The second-order valence-electron chi connectivity index (χ2n) is 8.20. The molecule has 2 aromatic carbocycles. The zero-order valence-electron chi connectivity index (χ0n) is 19.3. The van der Waals surface area contributed by atoms with Gasteiger partial charge in [0.2, 0.25) is 11.8 Å². The van der Waals surface area contributed by atoms with Crippen LogP contribution in [0.3, 0.4) is 0 Å². The Hall–Kier alpha value is -2.91. The molecule has 8 nitrogen and oxygen atoms in total. The van der Waals surface area contributed by atoms with Crippen LogP contribution in [0, 0.1) is 0 Å². The molecule has 1 heterocycles. The fourth-order valence-electron chi connectivity index (χ4n) is 3.75. The maximum Gasteiger partial charge on any atom is 0.269 e. The van der Waals surface area contributed by atoms with Gasteiger partial charge in [0, 0.05) is 17.6 Å². The van der Waals surface area contributed by atoms with Crippen molar-refractivity contribution in [2.24, 2.45) is 0 Å². The third-order valence-corrected chi connectivity index (χ3v) is 7.88. The first-order valence-corrected chi connectivity index (χ1v) is 12.9. The monoisotopic (exact) mass is 505 g/mol. The number of nitrogens with zero attached hydrogens (tertiary/aromatic N) is 2. The van der Waals surface area contributed by atoms with Crippen molar-refractivity contribution in [3.8, 4) is 0 Å². The number of nitrogens with one attached hydrogen (secondary N) is 1. The van der Waals surface area contributed by atoms with Crippen LogP contribution in [-0.2, 0) is 26.2 Å². The number of rotatable bonds is 9. The summed E-state index contributed by atoms with van der Waals surface area (Å²) < 4.78 is 26.5. The van der Waals surface area contributed by atoms with Crippen molar-refractivity contribution < 1.29 is 22.8 Å². The molecule has 3 rings (SSSR count). The summed E-state index contributed by atoms with van der Waals surface area (Å²) in [4.78, 5) is 40.5. The van der Waals surface area contributed by atoms with E-state index in [1.807, 2.05) is 13.8 Å². The molecule has 1 aliphatic rings. The van der Waals surface area contributed by atoms with Gasteiger partial charge in [0.15, 0.2) is 0 Å². The van der Waals surface area contributed by atoms with Gasteiger partial charge in [0.25, 0.3) is 15.9 Å². The van der Waals surface area contributed by atoms with Crippen LogP contribution in [0.25, 0.3) is 0 Å². The highest BCUT2D eigenvalue weighted by Gasteiger charge is 2.43. The molecule has 0 aliphatic carbocycles. The first-order chi connectivity index (χ1) is 16.1. The van der Waals surface area contributed by atoms with Crippen LogP contribution in [-0.4, -0.2) is 54.0 Å². The highest BCUT2D eigenvalue weighted by Crippen LogP contribution is 2.30. The highest BCUT2D eigenvalue weighted by atomic mass is 35.5. The number of carbonyl (C=O) groups is 3. The molecule has 1 aliphatic heterocycles. The number of hydrogen-bond acceptors (Lipinski definition) is 5. The first-order valence-electron chi connectivity index (χ1n) is 11.1. The van der Waals surface area contributed by atoms with E-state index in [0.29, 0.717) is 27.7 Å². The van der Waals surface area contributed by atoms with Crippen molar-refractivity contribution in [1.29, 1.82) is 0 Å². The van der Waals surface area contributed by atoms with Gasteiger partial charge in [-0.15, -0.1) is 0 Å². The quantitative estimate of drug-likeness (QED) is 0.563. The summed E-state index contributed by atoms with van der Waals surface area (Å²) in [7, 11) is -4.16. The minimum atomic E-state index is -4.16. The third-order valence-electron chi connectivity index (χ3n) is 5.84. The number of fused-ring (bicyclic) bond motifs is 1. The lowest BCUT2D eigenvalue weighted by molar-refractivity contribution is -0.141. The number of sulfonamides is 1.